The third-order valence-corrected chi connectivity index (χ3v) is 7.95. The summed E-state index contributed by atoms with van der Waals surface area (Å²) in [6.07, 6.45) is 0. The highest BCUT2D eigenvalue weighted by atomic mass is 79.9. The zero-order valence-corrected chi connectivity index (χ0v) is 20.0. The molecule has 6 nitrogen and oxygen atoms in total. The molecule has 1 amide bonds. The molecule has 0 aromatic heterocycles. The first-order valence-corrected chi connectivity index (χ1v) is 12.5. The number of nitrogens with zero attached hydrogens (tertiary/aromatic N) is 2. The highest BCUT2D eigenvalue weighted by Crippen LogP contribution is 2.28. The Morgan fingerprint density at radius 2 is 1.56 bits per heavy atom. The van der Waals surface area contributed by atoms with Crippen molar-refractivity contribution in [3.8, 4) is 0 Å². The van der Waals surface area contributed by atoms with Crippen molar-refractivity contribution >= 4 is 43.2 Å². The van der Waals surface area contributed by atoms with Crippen molar-refractivity contribution in [2.45, 2.75) is 4.90 Å². The van der Waals surface area contributed by atoms with E-state index in [1.54, 1.807) is 0 Å². The lowest BCUT2D eigenvalue weighted by molar-refractivity contribution is 0.102. The predicted octanol–water partition coefficient (Wildman–Crippen LogP) is 4.63. The molecule has 1 aliphatic rings. The normalized spacial score (nSPS) is 14.8. The number of hydrogen-bond acceptors (Lipinski definition) is 4. The second-order valence-electron chi connectivity index (χ2n) is 7.57. The first kappa shape index (κ1) is 24.2. The average molecular weight is 554 g/mol. The SMILES string of the molecule is O=C(Nc1c(F)cc(F)cc1Br)c1cc(S(=O)(=O)N2CCN(c3ccccc3)CC2)ccc1F. The molecule has 0 saturated carbocycles. The number of hydrogen-bond donors (Lipinski definition) is 1. The van der Waals surface area contributed by atoms with Crippen molar-refractivity contribution in [3.05, 3.63) is 88.2 Å². The molecule has 178 valence electrons. The standard InChI is InChI=1S/C23H19BrF3N3O3S/c24-19-12-15(25)13-21(27)22(19)28-23(31)18-14-17(6-7-20(18)26)34(32,33)30-10-8-29(9-11-30)16-4-2-1-3-5-16/h1-7,12-14H,8-11H2,(H,28,31). The van der Waals surface area contributed by atoms with Gasteiger partial charge in [0, 0.05) is 42.4 Å². The van der Waals surface area contributed by atoms with Crippen LogP contribution in [-0.4, -0.2) is 44.8 Å². The lowest BCUT2D eigenvalue weighted by atomic mass is 10.2. The first-order chi connectivity index (χ1) is 16.2. The van der Waals surface area contributed by atoms with E-state index < -0.39 is 44.6 Å². The Morgan fingerprint density at radius 1 is 0.882 bits per heavy atom. The van der Waals surface area contributed by atoms with Gasteiger partial charge in [-0.15, -0.1) is 0 Å². The second kappa shape index (κ2) is 9.77. The molecule has 34 heavy (non-hydrogen) atoms. The van der Waals surface area contributed by atoms with Crippen LogP contribution in [0.4, 0.5) is 24.5 Å². The monoisotopic (exact) mass is 553 g/mol. The number of sulfonamides is 1. The molecule has 11 heteroatoms. The van der Waals surface area contributed by atoms with Gasteiger partial charge in [0.2, 0.25) is 10.0 Å². The number of carbonyl (C=O) groups excluding carboxylic acids is 1. The molecule has 0 radical (unpaired) electrons. The average Bonchev–Trinajstić information content (AvgIpc) is 2.82. The number of rotatable bonds is 5. The molecular weight excluding hydrogens is 535 g/mol. The van der Waals surface area contributed by atoms with Crippen LogP contribution in [0.3, 0.4) is 0 Å². The van der Waals surface area contributed by atoms with Gasteiger partial charge in [-0.25, -0.2) is 21.6 Å². The summed E-state index contributed by atoms with van der Waals surface area (Å²) in [7, 11) is -4.01. The minimum atomic E-state index is -4.01. The van der Waals surface area contributed by atoms with Crippen molar-refractivity contribution < 1.29 is 26.4 Å². The van der Waals surface area contributed by atoms with Crippen molar-refractivity contribution in [1.82, 2.24) is 4.31 Å². The van der Waals surface area contributed by atoms with Crippen LogP contribution in [0, 0.1) is 17.5 Å². The molecule has 1 heterocycles. The molecule has 3 aromatic carbocycles. The molecule has 0 atom stereocenters. The van der Waals surface area contributed by atoms with E-state index >= 15 is 0 Å². The molecule has 3 aromatic rings. The van der Waals surface area contributed by atoms with Crippen molar-refractivity contribution in [2.75, 3.05) is 36.4 Å². The predicted molar refractivity (Wildman–Crippen MR) is 126 cm³/mol. The number of carbonyl (C=O) groups is 1. The summed E-state index contributed by atoms with van der Waals surface area (Å²) in [6.45, 7) is 1.36. The van der Waals surface area contributed by atoms with E-state index in [9.17, 15) is 26.4 Å². The molecular formula is C23H19BrF3N3O3S. The third kappa shape index (κ3) is 4.96. The topological polar surface area (TPSA) is 69.7 Å². The van der Waals surface area contributed by atoms with E-state index in [1.807, 2.05) is 30.3 Å². The molecule has 1 fully saturated rings. The maximum absolute atomic E-state index is 14.4. The molecule has 0 bridgehead atoms. The van der Waals surface area contributed by atoms with Gasteiger partial charge in [0.25, 0.3) is 5.91 Å². The summed E-state index contributed by atoms with van der Waals surface area (Å²) >= 11 is 2.94. The zero-order valence-electron chi connectivity index (χ0n) is 17.6. The number of benzene rings is 3. The van der Waals surface area contributed by atoms with E-state index in [0.29, 0.717) is 19.2 Å². The van der Waals surface area contributed by atoms with Gasteiger partial charge < -0.3 is 10.2 Å². The minimum absolute atomic E-state index is 0.0844. The van der Waals surface area contributed by atoms with E-state index in [4.69, 9.17) is 0 Å². The van der Waals surface area contributed by atoms with Crippen molar-refractivity contribution in [1.29, 1.82) is 0 Å². The highest BCUT2D eigenvalue weighted by Gasteiger charge is 2.30. The van der Waals surface area contributed by atoms with E-state index in [0.717, 1.165) is 30.0 Å². The maximum atomic E-state index is 14.4. The van der Waals surface area contributed by atoms with E-state index in [2.05, 4.69) is 26.1 Å². The lowest BCUT2D eigenvalue weighted by Crippen LogP contribution is -2.48. The van der Waals surface area contributed by atoms with Gasteiger partial charge in [-0.05, 0) is 52.3 Å². The van der Waals surface area contributed by atoms with Gasteiger partial charge in [0.15, 0.2) is 5.82 Å². The van der Waals surface area contributed by atoms with Crippen LogP contribution in [-0.2, 0) is 10.0 Å². The zero-order chi connectivity index (χ0) is 24.5. The lowest BCUT2D eigenvalue weighted by Gasteiger charge is -2.35. The fraction of sp³-hybridized carbons (Fsp3) is 0.174. The second-order valence-corrected chi connectivity index (χ2v) is 10.4. The minimum Gasteiger partial charge on any atom is -0.369 e. The number of halogens is 4. The number of amides is 1. The molecule has 0 unspecified atom stereocenters. The molecule has 0 spiro atoms. The molecule has 1 saturated heterocycles. The van der Waals surface area contributed by atoms with Crippen LogP contribution in [0.1, 0.15) is 10.4 Å². The smallest absolute Gasteiger partial charge is 0.258 e. The summed E-state index contributed by atoms with van der Waals surface area (Å²) in [6, 6.07) is 14.0. The Kier molecular flexibility index (Phi) is 6.96. The van der Waals surface area contributed by atoms with Gasteiger partial charge in [-0.3, -0.25) is 4.79 Å². The Hall–Kier alpha value is -2.89. The highest BCUT2D eigenvalue weighted by molar-refractivity contribution is 9.10. The van der Waals surface area contributed by atoms with Crippen LogP contribution in [0.25, 0.3) is 0 Å². The van der Waals surface area contributed by atoms with Gasteiger partial charge in [-0.2, -0.15) is 4.31 Å². The van der Waals surface area contributed by atoms with E-state index in [-0.39, 0.29) is 22.5 Å². The van der Waals surface area contributed by atoms with E-state index in [1.165, 1.54) is 4.31 Å². The molecule has 4 rings (SSSR count). The fourth-order valence-corrected chi connectivity index (χ4v) is 5.61. The largest absolute Gasteiger partial charge is 0.369 e. The summed E-state index contributed by atoms with van der Waals surface area (Å²) in [5, 5.41) is 2.16. The molecule has 0 aliphatic carbocycles. The Labute approximate surface area is 203 Å². The summed E-state index contributed by atoms with van der Waals surface area (Å²) < 4.78 is 69.3. The fourth-order valence-electron chi connectivity index (χ4n) is 3.66. The number of piperazine rings is 1. The van der Waals surface area contributed by atoms with Crippen molar-refractivity contribution in [2.24, 2.45) is 0 Å². The Morgan fingerprint density at radius 3 is 2.21 bits per heavy atom. The van der Waals surface area contributed by atoms with Crippen LogP contribution < -0.4 is 10.2 Å². The van der Waals surface area contributed by atoms with Crippen LogP contribution in [0.5, 0.6) is 0 Å². The summed E-state index contributed by atoms with van der Waals surface area (Å²) in [4.78, 5) is 14.4. The third-order valence-electron chi connectivity index (χ3n) is 5.43. The quantitative estimate of drug-likeness (QED) is 0.500. The van der Waals surface area contributed by atoms with Crippen LogP contribution >= 0.6 is 15.9 Å². The summed E-state index contributed by atoms with van der Waals surface area (Å²) in [5.74, 6) is -3.99. The Balaban J connectivity index is 1.54. The van der Waals surface area contributed by atoms with Crippen LogP contribution in [0.15, 0.2) is 70.0 Å². The van der Waals surface area contributed by atoms with Crippen LogP contribution in [0.2, 0.25) is 0 Å². The molecule has 1 N–H and O–H groups in total. The Bertz CT molecular complexity index is 1310. The van der Waals surface area contributed by atoms with Gasteiger partial charge in [-0.1, -0.05) is 18.2 Å². The number of anilines is 2. The van der Waals surface area contributed by atoms with Gasteiger partial charge in [0.1, 0.15) is 11.6 Å². The number of para-hydroxylation sites is 1. The summed E-state index contributed by atoms with van der Waals surface area (Å²) in [5.41, 5.74) is 0.00943. The number of nitrogens with one attached hydrogen (secondary N) is 1. The van der Waals surface area contributed by atoms with Gasteiger partial charge >= 0.3 is 0 Å². The maximum Gasteiger partial charge on any atom is 0.258 e. The molecule has 1 aliphatic heterocycles. The van der Waals surface area contributed by atoms with Crippen molar-refractivity contribution in [3.63, 3.8) is 0 Å². The van der Waals surface area contributed by atoms with Gasteiger partial charge in [0.05, 0.1) is 16.1 Å². The first-order valence-electron chi connectivity index (χ1n) is 10.2.